The summed E-state index contributed by atoms with van der Waals surface area (Å²) in [6, 6.07) is 7.76. The number of methoxy groups -OCH3 is 1. The number of aryl methyl sites for hydroxylation is 1. The van der Waals surface area contributed by atoms with Crippen LogP contribution < -0.4 is 10.1 Å². The van der Waals surface area contributed by atoms with Gasteiger partial charge in [-0.3, -0.25) is 9.48 Å². The van der Waals surface area contributed by atoms with Crippen LogP contribution in [0.15, 0.2) is 36.7 Å². The zero-order chi connectivity index (χ0) is 18.4. The van der Waals surface area contributed by atoms with Gasteiger partial charge in [-0.2, -0.15) is 5.10 Å². The highest BCUT2D eigenvalue weighted by molar-refractivity contribution is 5.90. The monoisotopic (exact) mass is 345 g/mol. The third-order valence-corrected chi connectivity index (χ3v) is 3.99. The molecule has 2 rings (SSSR count). The Morgan fingerprint density at radius 1 is 1.28 bits per heavy atom. The van der Waals surface area contributed by atoms with Crippen LogP contribution in [-0.2, 0) is 21.5 Å². The first kappa shape index (κ1) is 18.5. The average molecular weight is 345 g/mol. The second kappa shape index (κ2) is 7.83. The highest BCUT2D eigenvalue weighted by Gasteiger charge is 2.30. The third kappa shape index (κ3) is 4.82. The van der Waals surface area contributed by atoms with Gasteiger partial charge in [-0.1, -0.05) is 12.1 Å². The number of carbonyl (C=O) groups is 2. The molecule has 0 unspecified atom stereocenters. The maximum atomic E-state index is 12.0. The van der Waals surface area contributed by atoms with E-state index >= 15 is 0 Å². The fourth-order valence-corrected chi connectivity index (χ4v) is 2.26. The number of carbonyl (C=O) groups excluding carboxylic acids is 1. The van der Waals surface area contributed by atoms with E-state index < -0.39 is 11.5 Å². The zero-order valence-corrected chi connectivity index (χ0v) is 14.7. The summed E-state index contributed by atoms with van der Waals surface area (Å²) in [7, 11) is 1.62. The van der Waals surface area contributed by atoms with E-state index in [9.17, 15) is 14.7 Å². The summed E-state index contributed by atoms with van der Waals surface area (Å²) in [4.78, 5) is 23.2. The van der Waals surface area contributed by atoms with Crippen LogP contribution >= 0.6 is 0 Å². The maximum Gasteiger partial charge on any atom is 0.331 e. The smallest absolute Gasteiger partial charge is 0.331 e. The van der Waals surface area contributed by atoms with Gasteiger partial charge in [0.15, 0.2) is 5.54 Å². The van der Waals surface area contributed by atoms with Crippen LogP contribution in [0.25, 0.3) is 0 Å². The fourth-order valence-electron chi connectivity index (χ4n) is 2.26. The fraction of sp³-hybridized carbons (Fsp3) is 0.389. The van der Waals surface area contributed by atoms with Crippen molar-refractivity contribution >= 4 is 17.6 Å². The van der Waals surface area contributed by atoms with E-state index in [2.05, 4.69) is 10.4 Å². The van der Waals surface area contributed by atoms with Crippen LogP contribution in [0.4, 0.5) is 5.69 Å². The number of carboxylic acid groups (broad SMARTS) is 1. The van der Waals surface area contributed by atoms with E-state index in [-0.39, 0.29) is 5.91 Å². The topological polar surface area (TPSA) is 93.5 Å². The van der Waals surface area contributed by atoms with Gasteiger partial charge in [0.25, 0.3) is 0 Å². The molecule has 0 spiro atoms. The Morgan fingerprint density at radius 2 is 1.96 bits per heavy atom. The van der Waals surface area contributed by atoms with Gasteiger partial charge in [0.05, 0.1) is 19.0 Å². The first-order valence-corrected chi connectivity index (χ1v) is 8.04. The Balaban J connectivity index is 1.82. The van der Waals surface area contributed by atoms with Crippen LogP contribution in [-0.4, -0.2) is 33.9 Å². The van der Waals surface area contributed by atoms with Crippen molar-refractivity contribution in [3.63, 3.8) is 0 Å². The molecule has 0 radical (unpaired) electrons. The molecule has 134 valence electrons. The van der Waals surface area contributed by atoms with Crippen molar-refractivity contribution in [2.45, 2.75) is 38.6 Å². The SMILES string of the molecule is COc1ccc(CCCC(=O)Nc2cnn(C(C)(C)C(=O)O)c2)cc1. The number of hydrogen-bond donors (Lipinski definition) is 2. The van der Waals surface area contributed by atoms with E-state index in [0.717, 1.165) is 17.7 Å². The van der Waals surface area contributed by atoms with Crippen molar-refractivity contribution < 1.29 is 19.4 Å². The lowest BCUT2D eigenvalue weighted by Crippen LogP contribution is -2.35. The predicted molar refractivity (Wildman–Crippen MR) is 93.7 cm³/mol. The Labute approximate surface area is 146 Å². The van der Waals surface area contributed by atoms with E-state index in [1.54, 1.807) is 21.0 Å². The van der Waals surface area contributed by atoms with Crippen LogP contribution in [0, 0.1) is 0 Å². The first-order valence-electron chi connectivity index (χ1n) is 8.04. The molecule has 0 atom stereocenters. The van der Waals surface area contributed by atoms with E-state index in [1.807, 2.05) is 24.3 Å². The Kier molecular flexibility index (Phi) is 5.80. The molecule has 0 aliphatic carbocycles. The molecule has 7 heteroatoms. The maximum absolute atomic E-state index is 12.0. The van der Waals surface area contributed by atoms with E-state index in [0.29, 0.717) is 18.5 Å². The molecule has 0 bridgehead atoms. The molecule has 0 saturated carbocycles. The second-order valence-electron chi connectivity index (χ2n) is 6.29. The number of aliphatic carboxylic acids is 1. The lowest BCUT2D eigenvalue weighted by molar-refractivity contribution is -0.146. The summed E-state index contributed by atoms with van der Waals surface area (Å²) in [6.45, 7) is 3.09. The molecule has 2 N–H and O–H groups in total. The second-order valence-corrected chi connectivity index (χ2v) is 6.29. The van der Waals surface area contributed by atoms with E-state index in [1.165, 1.54) is 17.1 Å². The summed E-state index contributed by atoms with van der Waals surface area (Å²) < 4.78 is 6.43. The molecular weight excluding hydrogens is 322 g/mol. The minimum Gasteiger partial charge on any atom is -0.497 e. The number of ether oxygens (including phenoxy) is 1. The van der Waals surface area contributed by atoms with Crippen LogP contribution in [0.5, 0.6) is 5.75 Å². The van der Waals surface area contributed by atoms with Crippen LogP contribution in [0.2, 0.25) is 0 Å². The number of anilines is 1. The molecule has 0 fully saturated rings. The van der Waals surface area contributed by atoms with Crippen molar-refractivity contribution in [3.05, 3.63) is 42.2 Å². The van der Waals surface area contributed by atoms with Gasteiger partial charge >= 0.3 is 5.97 Å². The number of aromatic nitrogens is 2. The third-order valence-electron chi connectivity index (χ3n) is 3.99. The number of rotatable bonds is 8. The number of amides is 1. The predicted octanol–water partition coefficient (Wildman–Crippen LogP) is 2.67. The number of benzene rings is 1. The number of carboxylic acids is 1. The number of nitrogens with one attached hydrogen (secondary N) is 1. The van der Waals surface area contributed by atoms with Crippen molar-refractivity contribution in [1.82, 2.24) is 9.78 Å². The van der Waals surface area contributed by atoms with Crippen LogP contribution in [0.3, 0.4) is 0 Å². The summed E-state index contributed by atoms with van der Waals surface area (Å²) in [5.74, 6) is -0.308. The van der Waals surface area contributed by atoms with Gasteiger partial charge in [0.1, 0.15) is 5.75 Å². The highest BCUT2D eigenvalue weighted by atomic mass is 16.5. The number of hydrogen-bond acceptors (Lipinski definition) is 4. The van der Waals surface area contributed by atoms with Crippen molar-refractivity contribution in [3.8, 4) is 5.75 Å². The Hall–Kier alpha value is -2.83. The van der Waals surface area contributed by atoms with Gasteiger partial charge in [-0.25, -0.2) is 4.79 Å². The lowest BCUT2D eigenvalue weighted by Gasteiger charge is -2.19. The highest BCUT2D eigenvalue weighted by Crippen LogP contribution is 2.18. The van der Waals surface area contributed by atoms with Gasteiger partial charge in [-0.05, 0) is 44.4 Å². The minimum atomic E-state index is -1.17. The molecule has 0 aliphatic rings. The Bertz CT molecular complexity index is 735. The lowest BCUT2D eigenvalue weighted by atomic mass is 10.1. The van der Waals surface area contributed by atoms with E-state index in [4.69, 9.17) is 4.74 Å². The van der Waals surface area contributed by atoms with Crippen LogP contribution in [0.1, 0.15) is 32.3 Å². The summed E-state index contributed by atoms with van der Waals surface area (Å²) in [5, 5.41) is 15.9. The molecule has 0 saturated heterocycles. The van der Waals surface area contributed by atoms with Crippen molar-refractivity contribution in [1.29, 1.82) is 0 Å². The van der Waals surface area contributed by atoms with Gasteiger partial charge in [0.2, 0.25) is 5.91 Å². The van der Waals surface area contributed by atoms with Gasteiger partial charge in [0, 0.05) is 12.6 Å². The molecule has 0 aliphatic heterocycles. The van der Waals surface area contributed by atoms with Crippen molar-refractivity contribution in [2.75, 3.05) is 12.4 Å². The van der Waals surface area contributed by atoms with Gasteiger partial charge in [-0.15, -0.1) is 0 Å². The average Bonchev–Trinajstić information content (AvgIpc) is 3.04. The molecule has 2 aromatic rings. The standard InChI is InChI=1S/C18H23N3O4/c1-18(2,17(23)24)21-12-14(11-19-21)20-16(22)6-4-5-13-7-9-15(25-3)10-8-13/h7-12H,4-6H2,1-3H3,(H,20,22)(H,23,24). The first-order chi connectivity index (χ1) is 11.8. The molecule has 25 heavy (non-hydrogen) atoms. The largest absolute Gasteiger partial charge is 0.497 e. The zero-order valence-electron chi connectivity index (χ0n) is 14.7. The molecule has 1 amide bonds. The van der Waals surface area contributed by atoms with Crippen molar-refractivity contribution in [2.24, 2.45) is 0 Å². The number of nitrogens with zero attached hydrogens (tertiary/aromatic N) is 2. The minimum absolute atomic E-state index is 0.124. The summed E-state index contributed by atoms with van der Waals surface area (Å²) >= 11 is 0. The quantitative estimate of drug-likeness (QED) is 0.767. The normalized spacial score (nSPS) is 11.2. The van der Waals surface area contributed by atoms with Gasteiger partial charge < -0.3 is 15.2 Å². The summed E-state index contributed by atoms with van der Waals surface area (Å²) in [6.07, 6.45) is 4.86. The molecule has 7 nitrogen and oxygen atoms in total. The Morgan fingerprint density at radius 3 is 2.56 bits per heavy atom. The molecule has 1 heterocycles. The molecule has 1 aromatic heterocycles. The molecule has 1 aromatic carbocycles. The molecular formula is C18H23N3O4. The summed E-state index contributed by atoms with van der Waals surface area (Å²) in [5.41, 5.74) is 0.463.